The molecule has 0 bridgehead atoms. The molecule has 0 aromatic carbocycles. The summed E-state index contributed by atoms with van der Waals surface area (Å²) in [7, 11) is 0. The summed E-state index contributed by atoms with van der Waals surface area (Å²) in [6, 6.07) is 0.523. The van der Waals surface area contributed by atoms with Crippen LogP contribution in [0.25, 0.3) is 0 Å². The summed E-state index contributed by atoms with van der Waals surface area (Å²) in [5, 5.41) is 12.0. The summed E-state index contributed by atoms with van der Waals surface area (Å²) in [5.41, 5.74) is 0. The molecule has 1 heterocycles. The van der Waals surface area contributed by atoms with Crippen LogP contribution in [0, 0.1) is 0 Å². The predicted octanol–water partition coefficient (Wildman–Crippen LogP) is -0.271. The molecule has 0 spiro atoms. The number of β-amino-alcohol motifs (C(OH)–C–C–N with tert-alkyl or cyclic N) is 1. The normalized spacial score (nSPS) is 42.0. The Hall–Kier alpha value is -0.0800. The van der Waals surface area contributed by atoms with Gasteiger partial charge in [0.25, 0.3) is 0 Å². The predicted molar refractivity (Wildman–Crippen MR) is 28.1 cm³/mol. The Balaban J connectivity index is 2.26. The molecule has 1 saturated heterocycles. The lowest BCUT2D eigenvalue weighted by atomic mass is 10.2. The molecule has 0 radical (unpaired) electrons. The van der Waals surface area contributed by atoms with E-state index in [9.17, 15) is 0 Å². The second kappa shape index (κ2) is 1.80. The van der Waals surface area contributed by atoms with Crippen LogP contribution in [-0.4, -0.2) is 23.8 Å². The zero-order chi connectivity index (χ0) is 5.28. The fourth-order valence-electron chi connectivity index (χ4n) is 0.912. The number of hydrogen-bond acceptors (Lipinski definition) is 2. The topological polar surface area (TPSA) is 32.3 Å². The summed E-state index contributed by atoms with van der Waals surface area (Å²) >= 11 is 0. The van der Waals surface area contributed by atoms with Gasteiger partial charge in [-0.2, -0.15) is 0 Å². The molecule has 1 aliphatic rings. The second-order valence-electron chi connectivity index (χ2n) is 2.20. The number of aliphatic hydroxyl groups excluding tert-OH is 1. The highest BCUT2D eigenvalue weighted by molar-refractivity contribution is 4.76. The summed E-state index contributed by atoms with van der Waals surface area (Å²) in [6.45, 7) is 2.86. The summed E-state index contributed by atoms with van der Waals surface area (Å²) in [6.07, 6.45) is 0.829. The lowest BCUT2D eigenvalue weighted by molar-refractivity contribution is 0.194. The van der Waals surface area contributed by atoms with Gasteiger partial charge in [0.15, 0.2) is 0 Å². The van der Waals surface area contributed by atoms with Crippen LogP contribution in [-0.2, 0) is 0 Å². The molecule has 0 aromatic heterocycles. The number of nitrogens with one attached hydrogen (secondary N) is 1. The molecule has 2 heteroatoms. The maximum atomic E-state index is 8.84. The Morgan fingerprint density at radius 2 is 2.43 bits per heavy atom. The van der Waals surface area contributed by atoms with Gasteiger partial charge in [-0.25, -0.2) is 0 Å². The van der Waals surface area contributed by atoms with Crippen molar-refractivity contribution in [3.05, 3.63) is 0 Å². The van der Waals surface area contributed by atoms with Crippen molar-refractivity contribution in [1.82, 2.24) is 5.32 Å². The smallest absolute Gasteiger partial charge is 0.0679 e. The van der Waals surface area contributed by atoms with E-state index in [1.807, 2.05) is 0 Å². The molecular weight excluding hydrogens is 90.1 g/mol. The van der Waals surface area contributed by atoms with E-state index >= 15 is 0 Å². The Labute approximate surface area is 43.5 Å². The van der Waals surface area contributed by atoms with E-state index in [4.69, 9.17) is 5.11 Å². The van der Waals surface area contributed by atoms with Crippen molar-refractivity contribution in [2.45, 2.75) is 25.5 Å². The molecule has 2 nitrogen and oxygen atoms in total. The van der Waals surface area contributed by atoms with Crippen molar-refractivity contribution < 1.29 is 5.11 Å². The van der Waals surface area contributed by atoms with Crippen molar-refractivity contribution in [3.8, 4) is 0 Å². The van der Waals surface area contributed by atoms with Crippen LogP contribution < -0.4 is 5.32 Å². The van der Waals surface area contributed by atoms with E-state index < -0.39 is 0 Å². The van der Waals surface area contributed by atoms with Gasteiger partial charge in [0, 0.05) is 12.6 Å². The summed E-state index contributed by atoms with van der Waals surface area (Å²) < 4.78 is 0. The minimum absolute atomic E-state index is 0.0880. The third-order valence-corrected chi connectivity index (χ3v) is 1.33. The monoisotopic (exact) mass is 101 g/mol. The molecule has 2 N–H and O–H groups in total. The lowest BCUT2D eigenvalue weighted by Crippen LogP contribution is -2.17. The molecule has 0 aliphatic carbocycles. The van der Waals surface area contributed by atoms with Crippen molar-refractivity contribution in [2.75, 3.05) is 6.54 Å². The number of rotatable bonds is 0. The van der Waals surface area contributed by atoms with Gasteiger partial charge in [-0.3, -0.25) is 0 Å². The van der Waals surface area contributed by atoms with Gasteiger partial charge in [0.1, 0.15) is 0 Å². The SMILES string of the molecule is C[C@H]1CC(O)CN1. The Kier molecular flexibility index (Phi) is 1.30. The van der Waals surface area contributed by atoms with Gasteiger partial charge in [0.2, 0.25) is 0 Å². The molecule has 1 fully saturated rings. The minimum atomic E-state index is -0.0880. The Morgan fingerprint density at radius 1 is 1.71 bits per heavy atom. The maximum Gasteiger partial charge on any atom is 0.0679 e. The van der Waals surface area contributed by atoms with Crippen molar-refractivity contribution in [3.63, 3.8) is 0 Å². The third-order valence-electron chi connectivity index (χ3n) is 1.33. The van der Waals surface area contributed by atoms with Gasteiger partial charge in [-0.1, -0.05) is 0 Å². The van der Waals surface area contributed by atoms with Gasteiger partial charge in [0.05, 0.1) is 6.10 Å². The first kappa shape index (κ1) is 5.06. The van der Waals surface area contributed by atoms with E-state index in [2.05, 4.69) is 12.2 Å². The first-order valence-electron chi connectivity index (χ1n) is 2.70. The largest absolute Gasteiger partial charge is 0.392 e. The number of hydrogen-bond donors (Lipinski definition) is 2. The highest BCUT2D eigenvalue weighted by atomic mass is 16.3. The molecule has 0 aromatic rings. The standard InChI is InChI=1S/C5H11NO/c1-4-2-5(7)3-6-4/h4-7H,2-3H2,1H3/t4-,5?/m0/s1. The Morgan fingerprint density at radius 3 is 2.57 bits per heavy atom. The molecule has 0 saturated carbocycles. The first-order chi connectivity index (χ1) is 3.29. The van der Waals surface area contributed by atoms with Crippen molar-refractivity contribution >= 4 is 0 Å². The van der Waals surface area contributed by atoms with Crippen LogP contribution in [0.5, 0.6) is 0 Å². The number of aliphatic hydroxyl groups is 1. The van der Waals surface area contributed by atoms with Crippen LogP contribution >= 0.6 is 0 Å². The fourth-order valence-corrected chi connectivity index (χ4v) is 0.912. The van der Waals surface area contributed by atoms with Gasteiger partial charge in [-0.05, 0) is 13.3 Å². The van der Waals surface area contributed by atoms with Crippen LogP contribution in [0.4, 0.5) is 0 Å². The van der Waals surface area contributed by atoms with E-state index in [1.165, 1.54) is 0 Å². The van der Waals surface area contributed by atoms with E-state index in [1.54, 1.807) is 0 Å². The average molecular weight is 101 g/mol. The summed E-state index contributed by atoms with van der Waals surface area (Å²) in [4.78, 5) is 0. The molecule has 1 unspecified atom stereocenters. The van der Waals surface area contributed by atoms with Crippen LogP contribution in [0.2, 0.25) is 0 Å². The van der Waals surface area contributed by atoms with E-state index in [0.29, 0.717) is 6.04 Å². The summed E-state index contributed by atoms with van der Waals surface area (Å²) in [5.74, 6) is 0. The molecule has 0 amide bonds. The van der Waals surface area contributed by atoms with Crippen molar-refractivity contribution in [2.24, 2.45) is 0 Å². The lowest BCUT2D eigenvalue weighted by Gasteiger charge is -1.95. The van der Waals surface area contributed by atoms with Crippen LogP contribution in [0.3, 0.4) is 0 Å². The minimum Gasteiger partial charge on any atom is -0.392 e. The van der Waals surface area contributed by atoms with Crippen LogP contribution in [0.1, 0.15) is 13.3 Å². The molecule has 2 atom stereocenters. The zero-order valence-corrected chi connectivity index (χ0v) is 4.52. The Bertz CT molecular complexity index is 57.1. The molecule has 1 rings (SSSR count). The maximum absolute atomic E-state index is 8.84. The first-order valence-corrected chi connectivity index (χ1v) is 2.70. The molecule has 7 heavy (non-hydrogen) atoms. The van der Waals surface area contributed by atoms with Gasteiger partial charge < -0.3 is 10.4 Å². The van der Waals surface area contributed by atoms with Crippen molar-refractivity contribution in [1.29, 1.82) is 0 Å². The second-order valence-corrected chi connectivity index (χ2v) is 2.20. The molecular formula is C5H11NO. The fraction of sp³-hybridized carbons (Fsp3) is 1.00. The van der Waals surface area contributed by atoms with Gasteiger partial charge in [-0.15, -0.1) is 0 Å². The molecule has 42 valence electrons. The highest BCUT2D eigenvalue weighted by Gasteiger charge is 2.16. The van der Waals surface area contributed by atoms with E-state index in [0.717, 1.165) is 13.0 Å². The molecule has 1 aliphatic heterocycles. The van der Waals surface area contributed by atoms with Gasteiger partial charge >= 0.3 is 0 Å². The highest BCUT2D eigenvalue weighted by Crippen LogP contribution is 2.03. The average Bonchev–Trinajstić information content (AvgIpc) is 1.87. The van der Waals surface area contributed by atoms with Crippen LogP contribution in [0.15, 0.2) is 0 Å². The zero-order valence-electron chi connectivity index (χ0n) is 4.52. The quantitative estimate of drug-likeness (QED) is 0.440. The van der Waals surface area contributed by atoms with E-state index in [-0.39, 0.29) is 6.10 Å². The third kappa shape index (κ3) is 1.14.